The third kappa shape index (κ3) is 3.17. The van der Waals surface area contributed by atoms with E-state index in [-0.39, 0.29) is 41.9 Å². The average Bonchev–Trinajstić information content (AvgIpc) is 3.19. The normalized spacial score (nSPS) is 18.2. The molecule has 0 saturated carbocycles. The van der Waals surface area contributed by atoms with Crippen molar-refractivity contribution in [3.05, 3.63) is 69.0 Å². The first-order valence-electron chi connectivity index (χ1n) is 10.8. The monoisotopic (exact) mass is 480 g/mol. The average molecular weight is 481 g/mol. The second-order valence-electron chi connectivity index (χ2n) is 8.51. The van der Waals surface area contributed by atoms with E-state index in [1.807, 2.05) is 13.0 Å². The zero-order valence-corrected chi connectivity index (χ0v) is 19.4. The molecule has 0 saturated heterocycles. The fourth-order valence-electron chi connectivity index (χ4n) is 4.57. The largest absolute Gasteiger partial charge is 0.489 e. The number of pyridine rings is 2. The lowest BCUT2D eigenvalue weighted by Gasteiger charge is -2.31. The molecule has 0 radical (unpaired) electrons. The van der Waals surface area contributed by atoms with Gasteiger partial charge in [-0.15, -0.1) is 0 Å². The Hall–Kier alpha value is -3.49. The van der Waals surface area contributed by atoms with E-state index in [2.05, 4.69) is 6.58 Å². The summed E-state index contributed by atoms with van der Waals surface area (Å²) in [6.07, 6.45) is 0.0866. The summed E-state index contributed by atoms with van der Waals surface area (Å²) in [5, 5.41) is 11.2. The molecule has 0 unspecified atom stereocenters. The molecule has 8 nitrogen and oxygen atoms in total. The van der Waals surface area contributed by atoms with Gasteiger partial charge in [-0.2, -0.15) is 0 Å². The van der Waals surface area contributed by atoms with Crippen LogP contribution in [0.3, 0.4) is 0 Å². The van der Waals surface area contributed by atoms with Crippen molar-refractivity contribution in [1.29, 1.82) is 0 Å². The smallest absolute Gasteiger partial charge is 0.343 e. The van der Waals surface area contributed by atoms with E-state index in [0.29, 0.717) is 29.2 Å². The van der Waals surface area contributed by atoms with Crippen LogP contribution in [0.5, 0.6) is 5.75 Å². The molecule has 0 aliphatic carbocycles. The van der Waals surface area contributed by atoms with Crippen molar-refractivity contribution in [3.8, 4) is 17.1 Å². The number of ether oxygens (including phenoxy) is 2. The number of carbonyl (C=O) groups is 2. The van der Waals surface area contributed by atoms with Crippen molar-refractivity contribution in [3.63, 3.8) is 0 Å². The fraction of sp³-hybridized carbons (Fsp3) is 0.280. The topological polar surface area (TPSA) is 108 Å². The Labute approximate surface area is 199 Å². The Bertz CT molecular complexity index is 1490. The number of hydrogen-bond acceptors (Lipinski definition) is 7. The third-order valence-electron chi connectivity index (χ3n) is 6.64. The van der Waals surface area contributed by atoms with Crippen LogP contribution in [-0.4, -0.2) is 32.5 Å². The molecule has 2 aliphatic rings. The summed E-state index contributed by atoms with van der Waals surface area (Å²) < 4.78 is 12.4. The van der Waals surface area contributed by atoms with Gasteiger partial charge in [0.1, 0.15) is 19.0 Å². The van der Waals surface area contributed by atoms with Gasteiger partial charge in [0.2, 0.25) is 0 Å². The highest BCUT2D eigenvalue weighted by molar-refractivity contribution is 6.67. The maximum Gasteiger partial charge on any atom is 0.343 e. The van der Waals surface area contributed by atoms with Gasteiger partial charge in [0.25, 0.3) is 10.8 Å². The highest BCUT2D eigenvalue weighted by atomic mass is 35.5. The zero-order chi connectivity index (χ0) is 24.4. The highest BCUT2D eigenvalue weighted by Gasteiger charge is 2.45. The lowest BCUT2D eigenvalue weighted by Crippen LogP contribution is -2.44. The maximum atomic E-state index is 13.3. The first-order valence-corrected chi connectivity index (χ1v) is 11.1. The molecule has 0 amide bonds. The predicted molar refractivity (Wildman–Crippen MR) is 125 cm³/mol. The molecular weight excluding hydrogens is 460 g/mol. The van der Waals surface area contributed by atoms with Crippen LogP contribution in [0.4, 0.5) is 0 Å². The van der Waals surface area contributed by atoms with Crippen LogP contribution in [0.15, 0.2) is 41.2 Å². The fourth-order valence-corrected chi connectivity index (χ4v) is 4.63. The number of rotatable bonds is 5. The summed E-state index contributed by atoms with van der Waals surface area (Å²) >= 11 is 5.42. The van der Waals surface area contributed by atoms with Crippen molar-refractivity contribution in [2.75, 3.05) is 6.61 Å². The number of fused-ring (bicyclic) bond motifs is 5. The first kappa shape index (κ1) is 22.3. The van der Waals surface area contributed by atoms with Crippen molar-refractivity contribution in [1.82, 2.24) is 9.55 Å². The molecule has 1 aromatic carbocycles. The number of nitrogens with zero attached hydrogens (tertiary/aromatic N) is 2. The SMILES string of the molecule is C=C(COc1ccc2nc3c(c(C)c2c1)Cn1c-3cc2c(c1=O)COC(=O)[C@]2(O)CC)C(=O)Cl. The summed E-state index contributed by atoms with van der Waals surface area (Å²) in [4.78, 5) is 41.6. The standard InChI is InChI=1S/C25H21ClN2O6/c1-4-25(32)18-8-20-21-16(9-28(20)23(30)17(18)11-34-24(25)31)13(3)15-7-14(5-6-19(15)27-21)33-10-12(2)22(26)29/h5-8,32H,2,4,9-11H2,1,3H3/t25-/m0/s1. The molecule has 174 valence electrons. The summed E-state index contributed by atoms with van der Waals surface area (Å²) in [6, 6.07) is 7.04. The van der Waals surface area contributed by atoms with Gasteiger partial charge in [-0.25, -0.2) is 9.78 Å². The molecular formula is C25H21ClN2O6. The second-order valence-corrected chi connectivity index (χ2v) is 8.86. The Morgan fingerprint density at radius 1 is 1.32 bits per heavy atom. The Balaban J connectivity index is 1.62. The van der Waals surface area contributed by atoms with E-state index < -0.39 is 16.8 Å². The Morgan fingerprint density at radius 3 is 2.79 bits per heavy atom. The van der Waals surface area contributed by atoms with Crippen LogP contribution >= 0.6 is 11.6 Å². The van der Waals surface area contributed by atoms with Crippen molar-refractivity contribution >= 4 is 33.7 Å². The first-order chi connectivity index (χ1) is 16.2. The highest BCUT2D eigenvalue weighted by Crippen LogP contribution is 2.40. The summed E-state index contributed by atoms with van der Waals surface area (Å²) in [6.45, 7) is 7.31. The van der Waals surface area contributed by atoms with Crippen LogP contribution < -0.4 is 10.3 Å². The number of aryl methyl sites for hydroxylation is 1. The van der Waals surface area contributed by atoms with Crippen molar-refractivity contribution in [2.45, 2.75) is 39.0 Å². The van der Waals surface area contributed by atoms with Gasteiger partial charge in [-0.1, -0.05) is 13.5 Å². The summed E-state index contributed by atoms with van der Waals surface area (Å²) in [5.41, 5.74) is 2.24. The second kappa shape index (κ2) is 7.78. The number of aliphatic hydroxyl groups is 1. The van der Waals surface area contributed by atoms with Gasteiger partial charge in [0.15, 0.2) is 5.60 Å². The number of halogens is 1. The van der Waals surface area contributed by atoms with Gasteiger partial charge in [-0.3, -0.25) is 9.59 Å². The van der Waals surface area contributed by atoms with Crippen molar-refractivity contribution in [2.24, 2.45) is 0 Å². The van der Waals surface area contributed by atoms with Crippen molar-refractivity contribution < 1.29 is 24.2 Å². The third-order valence-corrected chi connectivity index (χ3v) is 6.90. The Kier molecular flexibility index (Phi) is 5.11. The van der Waals surface area contributed by atoms with E-state index in [9.17, 15) is 19.5 Å². The van der Waals surface area contributed by atoms with Crippen LogP contribution in [0.1, 0.15) is 35.6 Å². The number of carbonyl (C=O) groups excluding carboxylic acids is 2. The maximum absolute atomic E-state index is 13.3. The summed E-state index contributed by atoms with van der Waals surface area (Å²) in [7, 11) is 0. The molecule has 0 spiro atoms. The van der Waals surface area contributed by atoms with Gasteiger partial charge in [0, 0.05) is 22.1 Å². The zero-order valence-electron chi connectivity index (χ0n) is 18.6. The van der Waals surface area contributed by atoms with E-state index in [0.717, 1.165) is 16.5 Å². The molecule has 1 atom stereocenters. The number of esters is 1. The van der Waals surface area contributed by atoms with E-state index in [4.69, 9.17) is 26.1 Å². The van der Waals surface area contributed by atoms with E-state index in [1.165, 1.54) is 0 Å². The molecule has 5 rings (SSSR count). The van der Waals surface area contributed by atoms with Gasteiger partial charge < -0.3 is 19.1 Å². The molecule has 4 heterocycles. The van der Waals surface area contributed by atoms with Crippen LogP contribution in [0.2, 0.25) is 0 Å². The molecule has 2 aliphatic heterocycles. The molecule has 1 N–H and O–H groups in total. The lowest BCUT2D eigenvalue weighted by molar-refractivity contribution is -0.172. The quantitative estimate of drug-likeness (QED) is 0.265. The van der Waals surface area contributed by atoms with Gasteiger partial charge >= 0.3 is 5.97 Å². The molecule has 9 heteroatoms. The minimum Gasteiger partial charge on any atom is -0.489 e. The molecule has 2 aromatic heterocycles. The number of aromatic nitrogens is 2. The van der Waals surface area contributed by atoms with Crippen LogP contribution in [0.25, 0.3) is 22.3 Å². The molecule has 3 aromatic rings. The summed E-state index contributed by atoms with van der Waals surface area (Å²) in [5.74, 6) is -0.220. The number of cyclic esters (lactones) is 1. The van der Waals surface area contributed by atoms with E-state index in [1.54, 1.807) is 29.7 Å². The Morgan fingerprint density at radius 2 is 2.09 bits per heavy atom. The molecule has 0 fully saturated rings. The minimum absolute atomic E-state index is 0.0290. The molecule has 0 bridgehead atoms. The molecule has 34 heavy (non-hydrogen) atoms. The van der Waals surface area contributed by atoms with E-state index >= 15 is 0 Å². The van der Waals surface area contributed by atoms with Crippen LogP contribution in [0, 0.1) is 6.92 Å². The predicted octanol–water partition coefficient (Wildman–Crippen LogP) is 3.09. The van der Waals surface area contributed by atoms with Crippen LogP contribution in [-0.2, 0) is 33.1 Å². The number of hydrogen-bond donors (Lipinski definition) is 1. The number of benzene rings is 1. The van der Waals surface area contributed by atoms with Gasteiger partial charge in [0.05, 0.1) is 29.0 Å². The lowest BCUT2D eigenvalue weighted by atomic mass is 9.86. The van der Waals surface area contributed by atoms with Gasteiger partial charge in [-0.05, 0) is 54.8 Å². The minimum atomic E-state index is -1.86.